The van der Waals surface area contributed by atoms with Crippen LogP contribution in [0.15, 0.2) is 34.2 Å². The Kier molecular flexibility index (Phi) is 4.33. The maximum absolute atomic E-state index is 11.7. The third kappa shape index (κ3) is 3.82. The second kappa shape index (κ2) is 5.97. The SMILES string of the molecule is Nc1cccc(CCC(=O)Nc2ncc(Br)s2)c1. The molecule has 18 heavy (non-hydrogen) atoms. The number of benzene rings is 1. The third-order valence-corrected chi connectivity index (χ3v) is 3.71. The van der Waals surface area contributed by atoms with Gasteiger partial charge < -0.3 is 11.1 Å². The maximum atomic E-state index is 11.7. The van der Waals surface area contributed by atoms with Crippen LogP contribution in [0, 0.1) is 0 Å². The van der Waals surface area contributed by atoms with E-state index >= 15 is 0 Å². The van der Waals surface area contributed by atoms with Gasteiger partial charge in [0, 0.05) is 12.1 Å². The average Bonchev–Trinajstić information content (AvgIpc) is 2.72. The van der Waals surface area contributed by atoms with Gasteiger partial charge in [0.05, 0.1) is 9.98 Å². The minimum atomic E-state index is -0.0423. The highest BCUT2D eigenvalue weighted by Gasteiger charge is 2.06. The monoisotopic (exact) mass is 325 g/mol. The lowest BCUT2D eigenvalue weighted by molar-refractivity contribution is -0.116. The number of amides is 1. The maximum Gasteiger partial charge on any atom is 0.226 e. The van der Waals surface area contributed by atoms with Gasteiger partial charge in [-0.25, -0.2) is 4.98 Å². The molecule has 0 saturated carbocycles. The van der Waals surface area contributed by atoms with Crippen molar-refractivity contribution in [1.82, 2.24) is 4.98 Å². The molecule has 0 bridgehead atoms. The minimum Gasteiger partial charge on any atom is -0.399 e. The number of hydrogen-bond donors (Lipinski definition) is 2. The molecule has 0 aliphatic rings. The molecule has 6 heteroatoms. The van der Waals surface area contributed by atoms with E-state index in [0.717, 1.165) is 15.0 Å². The summed E-state index contributed by atoms with van der Waals surface area (Å²) in [6.07, 6.45) is 2.75. The van der Waals surface area contributed by atoms with Gasteiger partial charge in [0.1, 0.15) is 0 Å². The van der Waals surface area contributed by atoms with Gasteiger partial charge in [-0.2, -0.15) is 0 Å². The molecule has 0 unspecified atom stereocenters. The number of nitrogens with zero attached hydrogens (tertiary/aromatic N) is 1. The van der Waals surface area contributed by atoms with Crippen LogP contribution in [-0.4, -0.2) is 10.9 Å². The zero-order valence-electron chi connectivity index (χ0n) is 9.52. The summed E-state index contributed by atoms with van der Waals surface area (Å²) in [6.45, 7) is 0. The number of thiazole rings is 1. The molecule has 94 valence electrons. The van der Waals surface area contributed by atoms with E-state index in [-0.39, 0.29) is 5.91 Å². The van der Waals surface area contributed by atoms with Crippen molar-refractivity contribution in [3.8, 4) is 0 Å². The highest BCUT2D eigenvalue weighted by atomic mass is 79.9. The molecule has 2 rings (SSSR count). The van der Waals surface area contributed by atoms with Crippen molar-refractivity contribution in [2.24, 2.45) is 0 Å². The summed E-state index contributed by atoms with van der Waals surface area (Å²) in [5.41, 5.74) is 7.46. The Morgan fingerprint density at radius 2 is 2.33 bits per heavy atom. The van der Waals surface area contributed by atoms with Gasteiger partial charge in [-0.15, -0.1) is 0 Å². The molecule has 1 amide bonds. The first-order valence-electron chi connectivity index (χ1n) is 5.39. The highest BCUT2D eigenvalue weighted by Crippen LogP contribution is 2.23. The van der Waals surface area contributed by atoms with Crippen LogP contribution in [-0.2, 0) is 11.2 Å². The number of carbonyl (C=O) groups is 1. The minimum absolute atomic E-state index is 0.0423. The third-order valence-electron chi connectivity index (χ3n) is 2.32. The molecule has 3 N–H and O–H groups in total. The van der Waals surface area contributed by atoms with Crippen molar-refractivity contribution >= 4 is 44.0 Å². The fourth-order valence-corrected chi connectivity index (χ4v) is 2.62. The van der Waals surface area contributed by atoms with Crippen LogP contribution in [0.1, 0.15) is 12.0 Å². The molecule has 0 aliphatic heterocycles. The number of aromatic nitrogens is 1. The molecular formula is C12H12BrN3OS. The second-order valence-corrected chi connectivity index (χ2v) is 6.17. The van der Waals surface area contributed by atoms with Gasteiger partial charge in [0.25, 0.3) is 0 Å². The molecule has 0 radical (unpaired) electrons. The van der Waals surface area contributed by atoms with E-state index in [4.69, 9.17) is 5.73 Å². The first kappa shape index (κ1) is 13.0. The lowest BCUT2D eigenvalue weighted by atomic mass is 10.1. The smallest absolute Gasteiger partial charge is 0.226 e. The van der Waals surface area contributed by atoms with Gasteiger partial charge in [-0.05, 0) is 40.0 Å². The normalized spacial score (nSPS) is 10.3. The second-order valence-electron chi connectivity index (χ2n) is 3.76. The molecule has 4 nitrogen and oxygen atoms in total. The molecule has 2 aromatic rings. The summed E-state index contributed by atoms with van der Waals surface area (Å²) >= 11 is 4.69. The molecular weight excluding hydrogens is 314 g/mol. The van der Waals surface area contributed by atoms with E-state index in [1.807, 2.05) is 24.3 Å². The van der Waals surface area contributed by atoms with Crippen LogP contribution in [0.5, 0.6) is 0 Å². The summed E-state index contributed by atoms with van der Waals surface area (Å²) in [6, 6.07) is 7.56. The van der Waals surface area contributed by atoms with Gasteiger partial charge in [0.2, 0.25) is 5.91 Å². The topological polar surface area (TPSA) is 68.0 Å². The number of nitrogens with one attached hydrogen (secondary N) is 1. The zero-order valence-corrected chi connectivity index (χ0v) is 11.9. The van der Waals surface area contributed by atoms with Crippen molar-refractivity contribution < 1.29 is 4.79 Å². The number of nitrogens with two attached hydrogens (primary N) is 1. The van der Waals surface area contributed by atoms with E-state index < -0.39 is 0 Å². The standard InChI is InChI=1S/C12H12BrN3OS/c13-10-7-15-12(18-10)16-11(17)5-4-8-2-1-3-9(14)6-8/h1-3,6-7H,4-5,14H2,(H,15,16,17). The van der Waals surface area contributed by atoms with Crippen LogP contribution >= 0.6 is 27.3 Å². The Hall–Kier alpha value is -1.40. The lowest BCUT2D eigenvalue weighted by Gasteiger charge is -2.03. The molecule has 0 saturated heterocycles. The summed E-state index contributed by atoms with van der Waals surface area (Å²) < 4.78 is 0.897. The first-order chi connectivity index (χ1) is 8.63. The number of rotatable bonds is 4. The van der Waals surface area contributed by atoms with Gasteiger partial charge in [0.15, 0.2) is 5.13 Å². The molecule has 1 aromatic heterocycles. The number of nitrogen functional groups attached to an aromatic ring is 1. The number of carbonyl (C=O) groups excluding carboxylic acids is 1. The van der Waals surface area contributed by atoms with Gasteiger partial charge in [-0.1, -0.05) is 23.5 Å². The summed E-state index contributed by atoms with van der Waals surface area (Å²) in [7, 11) is 0. The Bertz CT molecular complexity index is 556. The summed E-state index contributed by atoms with van der Waals surface area (Å²) in [4.78, 5) is 15.7. The van der Waals surface area contributed by atoms with Crippen LogP contribution < -0.4 is 11.1 Å². The van der Waals surface area contributed by atoms with Crippen molar-refractivity contribution in [2.45, 2.75) is 12.8 Å². The van der Waals surface area contributed by atoms with E-state index in [2.05, 4.69) is 26.2 Å². The molecule has 0 atom stereocenters. The number of halogens is 1. The Morgan fingerprint density at radius 1 is 1.50 bits per heavy atom. The fraction of sp³-hybridized carbons (Fsp3) is 0.167. The van der Waals surface area contributed by atoms with E-state index in [0.29, 0.717) is 18.0 Å². The molecule has 1 heterocycles. The van der Waals surface area contributed by atoms with Gasteiger partial charge in [-0.3, -0.25) is 4.79 Å². The van der Waals surface area contributed by atoms with Crippen molar-refractivity contribution in [3.63, 3.8) is 0 Å². The van der Waals surface area contributed by atoms with Crippen molar-refractivity contribution in [2.75, 3.05) is 11.1 Å². The van der Waals surface area contributed by atoms with E-state index in [1.54, 1.807) is 6.20 Å². The Balaban J connectivity index is 1.85. The van der Waals surface area contributed by atoms with Crippen molar-refractivity contribution in [1.29, 1.82) is 0 Å². The zero-order chi connectivity index (χ0) is 13.0. The summed E-state index contributed by atoms with van der Waals surface area (Å²) in [5.74, 6) is -0.0423. The first-order valence-corrected chi connectivity index (χ1v) is 7.00. The van der Waals surface area contributed by atoms with Crippen LogP contribution in [0.4, 0.5) is 10.8 Å². The highest BCUT2D eigenvalue weighted by molar-refractivity contribution is 9.11. The Labute approximate surface area is 117 Å². The lowest BCUT2D eigenvalue weighted by Crippen LogP contribution is -2.12. The molecule has 0 aliphatic carbocycles. The van der Waals surface area contributed by atoms with E-state index in [1.165, 1.54) is 11.3 Å². The summed E-state index contributed by atoms with van der Waals surface area (Å²) in [5, 5.41) is 3.37. The number of hydrogen-bond acceptors (Lipinski definition) is 4. The quantitative estimate of drug-likeness (QED) is 0.849. The molecule has 1 aromatic carbocycles. The predicted molar refractivity (Wildman–Crippen MR) is 77.6 cm³/mol. The van der Waals surface area contributed by atoms with Gasteiger partial charge >= 0.3 is 0 Å². The fourth-order valence-electron chi connectivity index (χ4n) is 1.50. The molecule has 0 fully saturated rings. The number of anilines is 2. The van der Waals surface area contributed by atoms with E-state index in [9.17, 15) is 4.79 Å². The van der Waals surface area contributed by atoms with Crippen molar-refractivity contribution in [3.05, 3.63) is 39.8 Å². The average molecular weight is 326 g/mol. The Morgan fingerprint density at radius 3 is 3.00 bits per heavy atom. The van der Waals surface area contributed by atoms with Crippen LogP contribution in [0.3, 0.4) is 0 Å². The number of aryl methyl sites for hydroxylation is 1. The van der Waals surface area contributed by atoms with Crippen LogP contribution in [0.2, 0.25) is 0 Å². The molecule has 0 spiro atoms. The predicted octanol–water partition coefficient (Wildman–Crippen LogP) is 3.06. The largest absolute Gasteiger partial charge is 0.399 e. The van der Waals surface area contributed by atoms with Crippen LogP contribution in [0.25, 0.3) is 0 Å².